The monoisotopic (exact) mass is 414 g/mol. The van der Waals surface area contributed by atoms with Crippen molar-refractivity contribution in [2.45, 2.75) is 110 Å². The van der Waals surface area contributed by atoms with E-state index in [0.717, 1.165) is 57.8 Å². The molecule has 1 atom stereocenters. The second kappa shape index (κ2) is 21.6. The molecule has 0 aliphatic carbocycles. The normalized spacial score (nSPS) is 12.0. The maximum atomic E-state index is 11.7. The van der Waals surface area contributed by atoms with Crippen LogP contribution in [-0.4, -0.2) is 38.9 Å². The third-order valence-corrected chi connectivity index (χ3v) is 5.12. The van der Waals surface area contributed by atoms with E-state index >= 15 is 0 Å². The molecular formula is C24H46O5. The van der Waals surface area contributed by atoms with E-state index in [2.05, 4.69) is 13.8 Å². The first-order valence-corrected chi connectivity index (χ1v) is 11.9. The zero-order valence-electron chi connectivity index (χ0n) is 19.3. The second-order valence-corrected chi connectivity index (χ2v) is 8.18. The summed E-state index contributed by atoms with van der Waals surface area (Å²) in [5, 5.41) is 0. The van der Waals surface area contributed by atoms with Crippen molar-refractivity contribution in [1.29, 1.82) is 0 Å². The van der Waals surface area contributed by atoms with E-state index in [1.807, 2.05) is 0 Å². The highest BCUT2D eigenvalue weighted by Crippen LogP contribution is 2.11. The minimum Gasteiger partial charge on any atom is -0.466 e. The summed E-state index contributed by atoms with van der Waals surface area (Å²) >= 11 is 0. The molecule has 0 radical (unpaired) electrons. The number of ether oxygens (including phenoxy) is 3. The van der Waals surface area contributed by atoms with Gasteiger partial charge in [0, 0.05) is 26.6 Å². The first-order chi connectivity index (χ1) is 14.1. The molecule has 5 heteroatoms. The molecule has 0 amide bonds. The van der Waals surface area contributed by atoms with Gasteiger partial charge >= 0.3 is 11.9 Å². The van der Waals surface area contributed by atoms with Crippen molar-refractivity contribution in [3.8, 4) is 0 Å². The molecule has 0 heterocycles. The summed E-state index contributed by atoms with van der Waals surface area (Å²) in [5.74, 6) is 0.194. The highest BCUT2D eigenvalue weighted by atomic mass is 16.5. The molecule has 0 rings (SSSR count). The Morgan fingerprint density at radius 2 is 1.21 bits per heavy atom. The average molecular weight is 415 g/mol. The Hall–Kier alpha value is -1.10. The highest BCUT2D eigenvalue weighted by Gasteiger charge is 2.07. The van der Waals surface area contributed by atoms with Gasteiger partial charge in [-0.25, -0.2) is 0 Å². The van der Waals surface area contributed by atoms with Crippen molar-refractivity contribution in [2.75, 3.05) is 26.9 Å². The summed E-state index contributed by atoms with van der Waals surface area (Å²) in [4.78, 5) is 23.4. The summed E-state index contributed by atoms with van der Waals surface area (Å²) in [5.41, 5.74) is 0. The predicted octanol–water partition coefficient (Wildman–Crippen LogP) is 6.23. The molecule has 0 saturated heterocycles. The molecule has 0 fully saturated rings. The fraction of sp³-hybridized carbons (Fsp3) is 0.917. The number of methoxy groups -OCH3 is 1. The maximum absolute atomic E-state index is 11.7. The third kappa shape index (κ3) is 21.4. The lowest BCUT2D eigenvalue weighted by molar-refractivity contribution is -0.145. The third-order valence-electron chi connectivity index (χ3n) is 5.12. The average Bonchev–Trinajstić information content (AvgIpc) is 2.71. The van der Waals surface area contributed by atoms with Gasteiger partial charge in [0.15, 0.2) is 0 Å². The van der Waals surface area contributed by atoms with E-state index in [1.165, 1.54) is 25.7 Å². The minimum absolute atomic E-state index is 0.0546. The lowest BCUT2D eigenvalue weighted by Crippen LogP contribution is -2.13. The molecule has 172 valence electrons. The van der Waals surface area contributed by atoms with Crippen LogP contribution in [0.25, 0.3) is 0 Å². The molecule has 0 N–H and O–H groups in total. The van der Waals surface area contributed by atoms with Gasteiger partial charge in [0.05, 0.1) is 13.2 Å². The molecule has 0 spiro atoms. The van der Waals surface area contributed by atoms with Gasteiger partial charge < -0.3 is 14.2 Å². The molecular weight excluding hydrogens is 368 g/mol. The number of hydrogen-bond acceptors (Lipinski definition) is 5. The lowest BCUT2D eigenvalue weighted by atomic mass is 10.1. The van der Waals surface area contributed by atoms with Crippen molar-refractivity contribution in [3.05, 3.63) is 0 Å². The summed E-state index contributed by atoms with van der Waals surface area (Å²) in [6, 6.07) is 0. The lowest BCUT2D eigenvalue weighted by Gasteiger charge is -2.11. The fourth-order valence-electron chi connectivity index (χ4n) is 3.10. The molecule has 0 bridgehead atoms. The minimum atomic E-state index is -0.0950. The van der Waals surface area contributed by atoms with E-state index < -0.39 is 0 Å². The molecule has 0 aliphatic heterocycles. The van der Waals surface area contributed by atoms with Crippen LogP contribution >= 0.6 is 0 Å². The van der Waals surface area contributed by atoms with Gasteiger partial charge in [-0.05, 0) is 31.6 Å². The second-order valence-electron chi connectivity index (χ2n) is 8.18. The van der Waals surface area contributed by atoms with Crippen molar-refractivity contribution < 1.29 is 23.8 Å². The first kappa shape index (κ1) is 27.9. The topological polar surface area (TPSA) is 61.8 Å². The molecule has 0 aromatic carbocycles. The Bertz CT molecular complexity index is 383. The van der Waals surface area contributed by atoms with Gasteiger partial charge in [-0.2, -0.15) is 0 Å². The van der Waals surface area contributed by atoms with E-state index in [1.54, 1.807) is 7.11 Å². The van der Waals surface area contributed by atoms with Crippen molar-refractivity contribution in [2.24, 2.45) is 5.92 Å². The molecule has 5 nitrogen and oxygen atoms in total. The first-order valence-electron chi connectivity index (χ1n) is 11.9. The van der Waals surface area contributed by atoms with Crippen LogP contribution in [0.2, 0.25) is 0 Å². The summed E-state index contributed by atoms with van der Waals surface area (Å²) in [6.45, 7) is 6.04. The van der Waals surface area contributed by atoms with Crippen molar-refractivity contribution in [1.82, 2.24) is 0 Å². The van der Waals surface area contributed by atoms with Gasteiger partial charge in [0.25, 0.3) is 0 Å². The summed E-state index contributed by atoms with van der Waals surface area (Å²) in [7, 11) is 1.68. The van der Waals surface area contributed by atoms with Crippen LogP contribution < -0.4 is 0 Å². The molecule has 0 saturated carbocycles. The van der Waals surface area contributed by atoms with Gasteiger partial charge in [-0.3, -0.25) is 9.59 Å². The zero-order chi connectivity index (χ0) is 21.6. The standard InChI is InChI=1S/C24H46O5/c1-4-5-6-7-12-15-19-28-23(25)16-13-10-8-9-11-14-17-24(26)29-21-22(2)18-20-27-3/h22H,4-21H2,1-3H3. The zero-order valence-corrected chi connectivity index (χ0v) is 19.3. The number of unbranched alkanes of at least 4 members (excludes halogenated alkanes) is 10. The molecule has 0 aliphatic rings. The van der Waals surface area contributed by atoms with Gasteiger partial charge in [-0.1, -0.05) is 71.6 Å². The van der Waals surface area contributed by atoms with Crippen LogP contribution in [0.3, 0.4) is 0 Å². The number of carbonyl (C=O) groups excluding carboxylic acids is 2. The number of esters is 2. The Kier molecular flexibility index (Phi) is 20.8. The number of hydrogen-bond donors (Lipinski definition) is 0. The Labute approximate surface area is 179 Å². The highest BCUT2D eigenvalue weighted by molar-refractivity contribution is 5.69. The Morgan fingerprint density at radius 3 is 1.79 bits per heavy atom. The van der Waals surface area contributed by atoms with E-state index in [4.69, 9.17) is 14.2 Å². The van der Waals surface area contributed by atoms with Crippen LogP contribution in [-0.2, 0) is 23.8 Å². The van der Waals surface area contributed by atoms with Crippen LogP contribution in [0.15, 0.2) is 0 Å². The van der Waals surface area contributed by atoms with Crippen LogP contribution in [0.1, 0.15) is 110 Å². The van der Waals surface area contributed by atoms with E-state index in [9.17, 15) is 9.59 Å². The maximum Gasteiger partial charge on any atom is 0.305 e. The van der Waals surface area contributed by atoms with E-state index in [-0.39, 0.29) is 11.9 Å². The van der Waals surface area contributed by atoms with Gasteiger partial charge in [0.1, 0.15) is 0 Å². The molecule has 1 unspecified atom stereocenters. The fourth-order valence-corrected chi connectivity index (χ4v) is 3.10. The van der Waals surface area contributed by atoms with Crippen molar-refractivity contribution >= 4 is 11.9 Å². The van der Waals surface area contributed by atoms with Crippen LogP contribution in [0, 0.1) is 5.92 Å². The predicted molar refractivity (Wildman–Crippen MR) is 118 cm³/mol. The largest absolute Gasteiger partial charge is 0.466 e. The van der Waals surface area contributed by atoms with Gasteiger partial charge in [0.2, 0.25) is 0 Å². The number of carbonyl (C=O) groups is 2. The smallest absolute Gasteiger partial charge is 0.305 e. The van der Waals surface area contributed by atoms with Crippen molar-refractivity contribution in [3.63, 3.8) is 0 Å². The Balaban J connectivity index is 3.33. The Morgan fingerprint density at radius 1 is 0.690 bits per heavy atom. The van der Waals surface area contributed by atoms with E-state index in [0.29, 0.717) is 38.6 Å². The number of rotatable bonds is 21. The molecule has 29 heavy (non-hydrogen) atoms. The molecule has 0 aromatic rings. The summed E-state index contributed by atoms with van der Waals surface area (Å²) in [6.07, 6.45) is 15.3. The van der Waals surface area contributed by atoms with Crippen LogP contribution in [0.5, 0.6) is 0 Å². The molecule has 0 aromatic heterocycles. The quantitative estimate of drug-likeness (QED) is 0.165. The summed E-state index contributed by atoms with van der Waals surface area (Å²) < 4.78 is 15.6. The SMILES string of the molecule is CCCCCCCCOC(=O)CCCCCCCCC(=O)OCC(C)CCOC. The van der Waals surface area contributed by atoms with Crippen LogP contribution in [0.4, 0.5) is 0 Å². The van der Waals surface area contributed by atoms with Gasteiger partial charge in [-0.15, -0.1) is 0 Å².